The fourth-order valence-corrected chi connectivity index (χ4v) is 5.75. The Morgan fingerprint density at radius 1 is 0.583 bits per heavy atom. The molecule has 0 fully saturated rings. The van der Waals surface area contributed by atoms with Crippen LogP contribution >= 0.6 is 0 Å². The van der Waals surface area contributed by atoms with Gasteiger partial charge in [-0.2, -0.15) is 4.58 Å². The van der Waals surface area contributed by atoms with Crippen molar-refractivity contribution in [3.63, 3.8) is 0 Å². The van der Waals surface area contributed by atoms with E-state index < -0.39 is 0 Å². The summed E-state index contributed by atoms with van der Waals surface area (Å²) in [6, 6.07) is 38.7. The van der Waals surface area contributed by atoms with Crippen LogP contribution in [0.25, 0.3) is 44.2 Å². The molecule has 0 saturated carbocycles. The minimum absolute atomic E-state index is 0.0253. The first-order valence-corrected chi connectivity index (χ1v) is 12.4. The van der Waals surface area contributed by atoms with Crippen LogP contribution in [0.1, 0.15) is 25.0 Å². The summed E-state index contributed by atoms with van der Waals surface area (Å²) in [7, 11) is 0. The zero-order valence-corrected chi connectivity index (χ0v) is 20.5. The molecule has 0 saturated heterocycles. The van der Waals surface area contributed by atoms with Crippen LogP contribution in [0.2, 0.25) is 0 Å². The molecule has 1 heterocycles. The summed E-state index contributed by atoms with van der Waals surface area (Å²) >= 11 is 0. The highest BCUT2D eigenvalue weighted by Gasteiger charge is 2.36. The van der Waals surface area contributed by atoms with Crippen molar-refractivity contribution >= 4 is 40.0 Å². The van der Waals surface area contributed by atoms with Gasteiger partial charge in [-0.15, -0.1) is 0 Å². The van der Waals surface area contributed by atoms with E-state index in [2.05, 4.69) is 118 Å². The Kier molecular flexibility index (Phi) is 4.37. The molecule has 7 rings (SSSR count). The number of furan rings is 1. The van der Waals surface area contributed by atoms with E-state index in [0.717, 1.165) is 33.3 Å². The lowest BCUT2D eigenvalue weighted by Crippen LogP contribution is -2.15. The molecular formula is C34H26NO+. The number of nitrogens with zero attached hydrogens (tertiary/aromatic N) is 1. The Bertz CT molecular complexity index is 1820. The molecule has 0 bridgehead atoms. The zero-order valence-electron chi connectivity index (χ0n) is 20.5. The molecule has 0 N–H and O–H groups in total. The smallest absolute Gasteiger partial charge is 0.210 e. The van der Waals surface area contributed by atoms with Gasteiger partial charge in [0.1, 0.15) is 17.9 Å². The van der Waals surface area contributed by atoms with E-state index in [9.17, 15) is 0 Å². The molecule has 0 spiro atoms. The largest absolute Gasteiger partial charge is 0.456 e. The van der Waals surface area contributed by atoms with Crippen molar-refractivity contribution in [3.8, 4) is 22.3 Å². The number of hydrogen-bond donors (Lipinski definition) is 0. The first-order valence-electron chi connectivity index (χ1n) is 12.4. The lowest BCUT2D eigenvalue weighted by molar-refractivity contribution is 0.660. The molecular weight excluding hydrogens is 438 g/mol. The monoisotopic (exact) mass is 464 g/mol. The summed E-state index contributed by atoms with van der Waals surface area (Å²) < 4.78 is 8.02. The van der Waals surface area contributed by atoms with Gasteiger partial charge in [0.25, 0.3) is 0 Å². The lowest BCUT2D eigenvalue weighted by Gasteiger charge is -2.21. The van der Waals surface area contributed by atoms with Crippen molar-refractivity contribution in [2.75, 3.05) is 0 Å². The molecule has 0 radical (unpaired) electrons. The minimum Gasteiger partial charge on any atom is -0.456 e. The van der Waals surface area contributed by atoms with Crippen molar-refractivity contribution < 1.29 is 4.42 Å². The van der Waals surface area contributed by atoms with Gasteiger partial charge in [-0.25, -0.2) is 0 Å². The molecule has 0 atom stereocenters. The number of para-hydroxylation sites is 1. The van der Waals surface area contributed by atoms with Crippen LogP contribution in [0.5, 0.6) is 0 Å². The summed E-state index contributed by atoms with van der Waals surface area (Å²) in [4.78, 5) is 0. The topological polar surface area (TPSA) is 16.1 Å². The van der Waals surface area contributed by atoms with Gasteiger partial charge in [-0.05, 0) is 69.8 Å². The molecule has 36 heavy (non-hydrogen) atoms. The average Bonchev–Trinajstić information content (AvgIpc) is 3.40. The first kappa shape index (κ1) is 20.9. The fraction of sp³-hybridized carbons (Fsp3) is 0.0882. The molecule has 1 aliphatic rings. The summed E-state index contributed by atoms with van der Waals surface area (Å²) in [5.74, 6) is 0. The Morgan fingerprint density at radius 3 is 2.11 bits per heavy atom. The molecule has 5 aromatic carbocycles. The summed E-state index contributed by atoms with van der Waals surface area (Å²) in [6.45, 7) is 9.01. The highest BCUT2D eigenvalue weighted by molar-refractivity contribution is 6.06. The van der Waals surface area contributed by atoms with Crippen LogP contribution in [0.4, 0.5) is 11.4 Å². The van der Waals surface area contributed by atoms with Gasteiger partial charge in [0.15, 0.2) is 0 Å². The van der Waals surface area contributed by atoms with Crippen molar-refractivity contribution in [1.29, 1.82) is 0 Å². The lowest BCUT2D eigenvalue weighted by atomic mass is 9.82. The molecule has 6 aromatic rings. The van der Waals surface area contributed by atoms with E-state index in [1.165, 1.54) is 33.4 Å². The molecule has 1 aliphatic carbocycles. The maximum Gasteiger partial charge on any atom is 0.210 e. The van der Waals surface area contributed by atoms with Crippen LogP contribution < -0.4 is 4.58 Å². The summed E-state index contributed by atoms with van der Waals surface area (Å²) in [5.41, 5.74) is 11.7. The first-order chi connectivity index (χ1) is 17.5. The molecule has 2 heteroatoms. The second-order valence-corrected chi connectivity index (χ2v) is 10.2. The third-order valence-electron chi connectivity index (χ3n) is 7.77. The highest BCUT2D eigenvalue weighted by atomic mass is 16.3. The number of rotatable bonds is 3. The zero-order chi connectivity index (χ0) is 24.4. The van der Waals surface area contributed by atoms with E-state index in [4.69, 9.17) is 4.42 Å². The number of fused-ring (bicyclic) bond motifs is 6. The predicted molar refractivity (Wildman–Crippen MR) is 152 cm³/mol. The molecule has 2 nitrogen and oxygen atoms in total. The normalized spacial score (nSPS) is 13.6. The van der Waals surface area contributed by atoms with Crippen molar-refractivity contribution in [1.82, 2.24) is 4.58 Å². The molecule has 0 amide bonds. The number of hydrogen-bond acceptors (Lipinski definition) is 1. The van der Waals surface area contributed by atoms with Crippen LogP contribution in [0.3, 0.4) is 0 Å². The van der Waals surface area contributed by atoms with E-state index in [0.29, 0.717) is 0 Å². The third-order valence-corrected chi connectivity index (χ3v) is 7.77. The molecule has 0 aliphatic heterocycles. The van der Waals surface area contributed by atoms with Gasteiger partial charge in [-0.3, -0.25) is 0 Å². The SMILES string of the molecule is C=[N+](c1ccc(-c2ccc3oc4ccccc4c3c2)cc1)c1ccc2c(c1)C(C)(C)c1ccccc1-2. The van der Waals surface area contributed by atoms with Crippen molar-refractivity contribution in [2.45, 2.75) is 19.3 Å². The second kappa shape index (κ2) is 7.53. The van der Waals surface area contributed by atoms with E-state index in [-0.39, 0.29) is 5.41 Å². The minimum atomic E-state index is -0.0253. The van der Waals surface area contributed by atoms with E-state index in [1.807, 2.05) is 16.7 Å². The average molecular weight is 465 g/mol. The summed E-state index contributed by atoms with van der Waals surface area (Å²) in [6.07, 6.45) is 0. The van der Waals surface area contributed by atoms with E-state index in [1.54, 1.807) is 0 Å². The Labute approximate surface area is 210 Å². The van der Waals surface area contributed by atoms with Crippen LogP contribution in [0, 0.1) is 0 Å². The Morgan fingerprint density at radius 2 is 1.25 bits per heavy atom. The fourth-order valence-electron chi connectivity index (χ4n) is 5.75. The third kappa shape index (κ3) is 3.01. The molecule has 0 unspecified atom stereocenters. The maximum atomic E-state index is 5.99. The highest BCUT2D eigenvalue weighted by Crippen LogP contribution is 2.49. The van der Waals surface area contributed by atoms with Crippen molar-refractivity contribution in [2.24, 2.45) is 0 Å². The maximum absolute atomic E-state index is 5.99. The van der Waals surface area contributed by atoms with Gasteiger partial charge in [-0.1, -0.05) is 62.4 Å². The van der Waals surface area contributed by atoms with Gasteiger partial charge in [0.2, 0.25) is 11.4 Å². The quantitative estimate of drug-likeness (QED) is 0.188. The predicted octanol–water partition coefficient (Wildman–Crippen LogP) is 9.09. The Hall–Kier alpha value is -4.43. The molecule has 1 aromatic heterocycles. The van der Waals surface area contributed by atoms with Crippen LogP contribution in [-0.4, -0.2) is 6.72 Å². The van der Waals surface area contributed by atoms with Gasteiger partial charge < -0.3 is 4.42 Å². The van der Waals surface area contributed by atoms with E-state index >= 15 is 0 Å². The van der Waals surface area contributed by atoms with Crippen molar-refractivity contribution in [3.05, 3.63) is 120 Å². The number of benzene rings is 5. The summed E-state index contributed by atoms with van der Waals surface area (Å²) in [5, 5.41) is 2.30. The van der Waals surface area contributed by atoms with Gasteiger partial charge in [0.05, 0.1) is 0 Å². The standard InChI is InChI=1S/C34H26NO/c1-34(2)30-10-6-4-8-26(30)27-18-17-25(21-31(27)34)35(3)24-15-12-22(13-16-24)23-14-19-33-29(20-23)28-9-5-7-11-32(28)36-33/h4-21H,3H2,1-2H3/q+1. The van der Waals surface area contributed by atoms with Crippen LogP contribution in [0.15, 0.2) is 114 Å². The second-order valence-electron chi connectivity index (χ2n) is 10.2. The van der Waals surface area contributed by atoms with Gasteiger partial charge >= 0.3 is 0 Å². The van der Waals surface area contributed by atoms with Crippen LogP contribution in [-0.2, 0) is 5.41 Å². The molecule has 172 valence electrons. The van der Waals surface area contributed by atoms with Gasteiger partial charge in [0, 0.05) is 40.5 Å². The Balaban J connectivity index is 1.22.